The summed E-state index contributed by atoms with van der Waals surface area (Å²) >= 11 is 0. The molecule has 0 aliphatic carbocycles. The van der Waals surface area contributed by atoms with Crippen molar-refractivity contribution in [3.63, 3.8) is 0 Å². The summed E-state index contributed by atoms with van der Waals surface area (Å²) in [4.78, 5) is 47.0. The summed E-state index contributed by atoms with van der Waals surface area (Å²) in [6.07, 6.45) is -0.364. The Hall–Kier alpha value is -3.56. The van der Waals surface area contributed by atoms with Crippen LogP contribution >= 0.6 is 0 Å². The highest BCUT2D eigenvalue weighted by Gasteiger charge is 2.67. The van der Waals surface area contributed by atoms with E-state index in [9.17, 15) is 14.4 Å². The number of para-hydroxylation sites is 2. The summed E-state index contributed by atoms with van der Waals surface area (Å²) in [5, 5.41) is 6.89. The van der Waals surface area contributed by atoms with Gasteiger partial charge in [-0.1, -0.05) is 30.3 Å². The molecule has 5 aliphatic rings. The summed E-state index contributed by atoms with van der Waals surface area (Å²) < 4.78 is 8.40. The van der Waals surface area contributed by atoms with Gasteiger partial charge < -0.3 is 10.1 Å². The summed E-state index contributed by atoms with van der Waals surface area (Å²) in [6.45, 7) is 5.41. The molecule has 3 aromatic rings. The first-order chi connectivity index (χ1) is 16.2. The maximum absolute atomic E-state index is 13.6. The van der Waals surface area contributed by atoms with Gasteiger partial charge in [0.25, 0.3) is 5.56 Å². The molecule has 2 fully saturated rings. The van der Waals surface area contributed by atoms with E-state index in [1.54, 1.807) is 30.0 Å². The lowest BCUT2D eigenvalue weighted by atomic mass is 9.85. The monoisotopic (exact) mass is 457 g/mol. The minimum atomic E-state index is -1.38. The van der Waals surface area contributed by atoms with Crippen molar-refractivity contribution in [3.8, 4) is 0 Å². The van der Waals surface area contributed by atoms with E-state index in [0.29, 0.717) is 16.7 Å². The molecule has 2 amide bonds. The first kappa shape index (κ1) is 19.9. The number of carbonyl (C=O) groups is 2. The highest BCUT2D eigenvalue weighted by atomic mass is 16.5. The molecule has 2 saturated heterocycles. The molecule has 172 valence electrons. The van der Waals surface area contributed by atoms with Crippen molar-refractivity contribution in [2.45, 2.75) is 56.3 Å². The number of amides is 2. The van der Waals surface area contributed by atoms with Crippen LogP contribution in [0.3, 0.4) is 0 Å². The van der Waals surface area contributed by atoms with Crippen molar-refractivity contribution in [3.05, 3.63) is 70.3 Å². The molecule has 34 heavy (non-hydrogen) atoms. The van der Waals surface area contributed by atoms with Gasteiger partial charge in [0.05, 0.1) is 22.1 Å². The molecule has 9 heteroatoms. The lowest BCUT2D eigenvalue weighted by molar-refractivity contribution is -0.181. The zero-order valence-corrected chi connectivity index (χ0v) is 19.0. The molecule has 2 N–H and O–H groups in total. The largest absolute Gasteiger partial charge is 0.334 e. The van der Waals surface area contributed by atoms with Crippen LogP contribution in [0.2, 0.25) is 0 Å². The standard InChI is InChI=1S/C25H23N5O4/c1-23(2)22(33)30-16-11-7-5-9-14(16)25(21(30)28-23)12-17-18(31)27-24(3,34-25)20-26-15-10-6-4-8-13(15)19(32)29(17)20/h4-11,17,21,28H,12H2,1-3H3,(H,27,31)/t17?,21?,24-,25-/m0/s1. The van der Waals surface area contributed by atoms with Crippen LogP contribution in [0.5, 0.6) is 0 Å². The molecule has 0 saturated carbocycles. The molecule has 6 heterocycles. The van der Waals surface area contributed by atoms with Crippen molar-refractivity contribution >= 4 is 28.4 Å². The number of nitrogens with zero attached hydrogens (tertiary/aromatic N) is 3. The Morgan fingerprint density at radius 1 is 1.03 bits per heavy atom. The van der Waals surface area contributed by atoms with Crippen LogP contribution < -0.4 is 21.1 Å². The van der Waals surface area contributed by atoms with E-state index in [4.69, 9.17) is 9.72 Å². The zero-order chi connectivity index (χ0) is 23.6. The molecular formula is C25H23N5O4. The van der Waals surface area contributed by atoms with E-state index >= 15 is 0 Å². The normalized spacial score (nSPS) is 32.5. The zero-order valence-electron chi connectivity index (χ0n) is 19.0. The third kappa shape index (κ3) is 2.17. The highest BCUT2D eigenvalue weighted by molar-refractivity contribution is 6.05. The van der Waals surface area contributed by atoms with Gasteiger partial charge >= 0.3 is 0 Å². The van der Waals surface area contributed by atoms with E-state index in [1.165, 1.54) is 4.57 Å². The SMILES string of the molecule is CC1(C)NC2N(C1=O)c1ccccc1[C@@]21CC2C(=O)N[C@@](C)(O1)c1nc3ccccc3c(=O)n12. The summed E-state index contributed by atoms with van der Waals surface area (Å²) in [5.41, 5.74) is -1.43. The Balaban J connectivity index is 1.52. The Labute approximate surface area is 194 Å². The highest BCUT2D eigenvalue weighted by Crippen LogP contribution is 2.57. The topological polar surface area (TPSA) is 106 Å². The van der Waals surface area contributed by atoms with Crippen molar-refractivity contribution in [2.75, 3.05) is 4.90 Å². The average molecular weight is 457 g/mol. The molecule has 0 radical (unpaired) electrons. The Morgan fingerprint density at radius 3 is 2.59 bits per heavy atom. The molecule has 2 bridgehead atoms. The Morgan fingerprint density at radius 2 is 1.76 bits per heavy atom. The van der Waals surface area contributed by atoms with E-state index < -0.39 is 29.1 Å². The Bertz CT molecular complexity index is 1510. The number of anilines is 1. The van der Waals surface area contributed by atoms with E-state index in [1.807, 2.05) is 44.2 Å². The fraction of sp³-hybridized carbons (Fsp3) is 0.360. The van der Waals surface area contributed by atoms with Gasteiger partial charge in [0.2, 0.25) is 11.8 Å². The number of rotatable bonds is 0. The van der Waals surface area contributed by atoms with Gasteiger partial charge in [-0.15, -0.1) is 0 Å². The van der Waals surface area contributed by atoms with Gasteiger partial charge in [0.1, 0.15) is 17.8 Å². The summed E-state index contributed by atoms with van der Waals surface area (Å²) in [5.74, 6) is -0.00670. The second-order valence-electron chi connectivity index (χ2n) is 10.2. The quantitative estimate of drug-likeness (QED) is 0.532. The lowest BCUT2D eigenvalue weighted by Gasteiger charge is -2.40. The van der Waals surface area contributed by atoms with Crippen LogP contribution in [0.4, 0.5) is 5.69 Å². The van der Waals surface area contributed by atoms with Crippen LogP contribution in [-0.2, 0) is 25.7 Å². The molecule has 9 nitrogen and oxygen atoms in total. The van der Waals surface area contributed by atoms with Crippen molar-refractivity contribution in [1.82, 2.24) is 20.2 Å². The molecule has 8 rings (SSSR count). The molecule has 5 aliphatic heterocycles. The number of benzene rings is 2. The lowest BCUT2D eigenvalue weighted by Crippen LogP contribution is -2.57. The van der Waals surface area contributed by atoms with E-state index in [2.05, 4.69) is 10.6 Å². The number of carbonyl (C=O) groups excluding carboxylic acids is 2. The maximum atomic E-state index is 13.6. The van der Waals surface area contributed by atoms with Crippen LogP contribution in [0.15, 0.2) is 53.3 Å². The predicted octanol–water partition coefficient (Wildman–Crippen LogP) is 1.61. The average Bonchev–Trinajstić information content (AvgIpc) is 3.08. The van der Waals surface area contributed by atoms with Crippen LogP contribution in [0.1, 0.15) is 44.6 Å². The predicted molar refractivity (Wildman–Crippen MR) is 123 cm³/mol. The summed E-state index contributed by atoms with van der Waals surface area (Å²) in [7, 11) is 0. The fourth-order valence-electron chi connectivity index (χ4n) is 6.19. The van der Waals surface area contributed by atoms with Crippen molar-refractivity contribution in [2.24, 2.45) is 0 Å². The minimum Gasteiger partial charge on any atom is -0.334 e. The van der Waals surface area contributed by atoms with Crippen LogP contribution in [0, 0.1) is 0 Å². The molecule has 4 atom stereocenters. The number of nitrogens with one attached hydrogen (secondary N) is 2. The van der Waals surface area contributed by atoms with Crippen LogP contribution in [0.25, 0.3) is 10.9 Å². The molecule has 2 aromatic carbocycles. The first-order valence-electron chi connectivity index (χ1n) is 11.4. The third-order valence-corrected chi connectivity index (χ3v) is 7.66. The summed E-state index contributed by atoms with van der Waals surface area (Å²) in [6, 6.07) is 13.9. The van der Waals surface area contributed by atoms with Crippen molar-refractivity contribution in [1.29, 1.82) is 0 Å². The third-order valence-electron chi connectivity index (χ3n) is 7.66. The number of hydrogen-bond acceptors (Lipinski definition) is 6. The molecule has 1 spiro atoms. The molecule has 2 unspecified atom stereocenters. The number of ether oxygens (including phenoxy) is 1. The van der Waals surface area contributed by atoms with Crippen LogP contribution in [-0.4, -0.2) is 33.1 Å². The van der Waals surface area contributed by atoms with Gasteiger partial charge in [-0.05, 0) is 39.0 Å². The van der Waals surface area contributed by atoms with Crippen molar-refractivity contribution < 1.29 is 14.3 Å². The number of fused-ring (bicyclic) bond motifs is 5. The first-order valence-corrected chi connectivity index (χ1v) is 11.4. The maximum Gasteiger partial charge on any atom is 0.262 e. The second kappa shape index (κ2) is 5.92. The smallest absolute Gasteiger partial charge is 0.262 e. The number of aromatic nitrogens is 2. The molecule has 1 aromatic heterocycles. The molecular weight excluding hydrogens is 434 g/mol. The fourth-order valence-corrected chi connectivity index (χ4v) is 6.19. The van der Waals surface area contributed by atoms with E-state index in [0.717, 1.165) is 11.3 Å². The van der Waals surface area contributed by atoms with Gasteiger partial charge in [-0.2, -0.15) is 0 Å². The number of hydrogen-bond donors (Lipinski definition) is 2. The minimum absolute atomic E-state index is 0.0648. The second-order valence-corrected chi connectivity index (χ2v) is 10.2. The Kier molecular flexibility index (Phi) is 3.46. The van der Waals surface area contributed by atoms with Gasteiger partial charge in [0, 0.05) is 12.0 Å². The van der Waals surface area contributed by atoms with Gasteiger partial charge in [-0.3, -0.25) is 29.2 Å². The van der Waals surface area contributed by atoms with E-state index in [-0.39, 0.29) is 23.8 Å². The van der Waals surface area contributed by atoms with Gasteiger partial charge in [0.15, 0.2) is 11.5 Å². The van der Waals surface area contributed by atoms with Gasteiger partial charge in [-0.25, -0.2) is 4.98 Å².